The van der Waals surface area contributed by atoms with E-state index in [1.54, 1.807) is 30.3 Å². The summed E-state index contributed by atoms with van der Waals surface area (Å²) in [5, 5.41) is 12.6. The molecule has 2 aromatic carbocycles. The zero-order valence-electron chi connectivity index (χ0n) is 16.7. The van der Waals surface area contributed by atoms with Crippen molar-refractivity contribution in [1.82, 2.24) is 19.7 Å². The molecule has 0 fully saturated rings. The lowest BCUT2D eigenvalue weighted by atomic mass is 10.2. The lowest BCUT2D eigenvalue weighted by Gasteiger charge is -2.09. The maximum absolute atomic E-state index is 12.4. The first kappa shape index (κ1) is 20.5. The summed E-state index contributed by atoms with van der Waals surface area (Å²) >= 11 is 1.17. The topological polar surface area (TPSA) is 99.0 Å². The number of anilines is 1. The van der Waals surface area contributed by atoms with Gasteiger partial charge in [0.25, 0.3) is 0 Å². The molecule has 2 aromatic heterocycles. The zero-order valence-corrected chi connectivity index (χ0v) is 17.6. The minimum atomic E-state index is -0.517. The van der Waals surface area contributed by atoms with Crippen LogP contribution in [0.2, 0.25) is 0 Å². The third-order valence-electron chi connectivity index (χ3n) is 4.61. The Hall–Kier alpha value is -3.72. The van der Waals surface area contributed by atoms with Crippen molar-refractivity contribution in [3.05, 3.63) is 66.7 Å². The molecule has 0 unspecified atom stereocenters. The molecule has 2 heterocycles. The number of carbonyl (C=O) groups excluding carboxylic acids is 2. The van der Waals surface area contributed by atoms with Gasteiger partial charge in [0.15, 0.2) is 5.65 Å². The third kappa shape index (κ3) is 4.13. The number of benzene rings is 2. The van der Waals surface area contributed by atoms with Crippen LogP contribution in [0.4, 0.5) is 5.69 Å². The minimum Gasteiger partial charge on any atom is -0.465 e. The monoisotopic (exact) mass is 433 g/mol. The summed E-state index contributed by atoms with van der Waals surface area (Å²) in [6, 6.07) is 14.6. The largest absolute Gasteiger partial charge is 0.465 e. The fraction of sp³-hybridized carbons (Fsp3) is 0.136. The number of aromatic nitrogens is 4. The number of hydrogen-bond donors (Lipinski definition) is 1. The van der Waals surface area contributed by atoms with Gasteiger partial charge in [-0.05, 0) is 18.2 Å². The summed E-state index contributed by atoms with van der Waals surface area (Å²) in [7, 11) is 1.29. The molecule has 1 amide bonds. The Labute approximate surface area is 182 Å². The van der Waals surface area contributed by atoms with Crippen molar-refractivity contribution in [3.8, 4) is 0 Å². The van der Waals surface area contributed by atoms with E-state index < -0.39 is 5.97 Å². The zero-order chi connectivity index (χ0) is 21.8. The molecular formula is C22H19N5O3S. The maximum atomic E-state index is 12.4. The van der Waals surface area contributed by atoms with Gasteiger partial charge in [-0.25, -0.2) is 9.78 Å². The minimum absolute atomic E-state index is 0.0599. The van der Waals surface area contributed by atoms with Crippen LogP contribution in [0.25, 0.3) is 22.1 Å². The van der Waals surface area contributed by atoms with E-state index >= 15 is 0 Å². The molecule has 156 valence electrons. The van der Waals surface area contributed by atoms with E-state index in [0.717, 1.165) is 10.9 Å². The van der Waals surface area contributed by atoms with E-state index in [-0.39, 0.29) is 17.2 Å². The van der Waals surface area contributed by atoms with Gasteiger partial charge in [-0.15, -0.1) is 16.8 Å². The first-order valence-electron chi connectivity index (χ1n) is 9.45. The van der Waals surface area contributed by atoms with Crippen LogP contribution in [0.3, 0.4) is 0 Å². The molecule has 0 aliphatic carbocycles. The second-order valence-electron chi connectivity index (χ2n) is 6.56. The van der Waals surface area contributed by atoms with E-state index in [1.165, 1.54) is 18.9 Å². The summed E-state index contributed by atoms with van der Waals surface area (Å²) in [6.07, 6.45) is 1.80. The molecule has 0 spiro atoms. The van der Waals surface area contributed by atoms with Crippen molar-refractivity contribution in [2.45, 2.75) is 11.7 Å². The van der Waals surface area contributed by atoms with Crippen LogP contribution in [0.15, 0.2) is 66.3 Å². The summed E-state index contributed by atoms with van der Waals surface area (Å²) in [6.45, 7) is 4.40. The smallest absolute Gasteiger partial charge is 0.339 e. The van der Waals surface area contributed by atoms with Crippen molar-refractivity contribution in [1.29, 1.82) is 0 Å². The van der Waals surface area contributed by atoms with Crippen molar-refractivity contribution < 1.29 is 14.3 Å². The van der Waals surface area contributed by atoms with E-state index in [2.05, 4.69) is 27.1 Å². The highest BCUT2D eigenvalue weighted by Crippen LogP contribution is 2.27. The number of hydrogen-bond acceptors (Lipinski definition) is 7. The van der Waals surface area contributed by atoms with E-state index in [0.29, 0.717) is 28.6 Å². The number of nitrogens with zero attached hydrogens (tertiary/aromatic N) is 4. The summed E-state index contributed by atoms with van der Waals surface area (Å²) in [4.78, 5) is 28.9. The molecule has 0 saturated heterocycles. The van der Waals surface area contributed by atoms with Crippen LogP contribution in [-0.2, 0) is 16.1 Å². The molecule has 0 bridgehead atoms. The normalized spacial score (nSPS) is 10.9. The number of methoxy groups -OCH3 is 1. The van der Waals surface area contributed by atoms with Crippen LogP contribution >= 0.6 is 11.8 Å². The molecule has 0 atom stereocenters. The lowest BCUT2D eigenvalue weighted by molar-refractivity contribution is -0.113. The Bertz CT molecular complexity index is 1300. The van der Waals surface area contributed by atoms with Gasteiger partial charge in [-0.1, -0.05) is 48.2 Å². The fourth-order valence-electron chi connectivity index (χ4n) is 3.26. The first-order chi connectivity index (χ1) is 15.1. The molecule has 1 N–H and O–H groups in total. The Kier molecular flexibility index (Phi) is 5.94. The quantitative estimate of drug-likeness (QED) is 0.270. The predicted molar refractivity (Wildman–Crippen MR) is 120 cm³/mol. The number of allylic oxidation sites excluding steroid dienone is 1. The van der Waals surface area contributed by atoms with E-state index in [4.69, 9.17) is 4.74 Å². The summed E-state index contributed by atoms with van der Waals surface area (Å²) in [5.41, 5.74) is 3.07. The molecule has 8 nitrogen and oxygen atoms in total. The van der Waals surface area contributed by atoms with Gasteiger partial charge in [-0.3, -0.25) is 4.79 Å². The van der Waals surface area contributed by atoms with Crippen LogP contribution < -0.4 is 5.32 Å². The first-order valence-corrected chi connectivity index (χ1v) is 10.4. The van der Waals surface area contributed by atoms with Crippen molar-refractivity contribution in [3.63, 3.8) is 0 Å². The number of thioether (sulfide) groups is 1. The Morgan fingerprint density at radius 3 is 2.74 bits per heavy atom. The van der Waals surface area contributed by atoms with Gasteiger partial charge < -0.3 is 14.6 Å². The highest BCUT2D eigenvalue weighted by molar-refractivity contribution is 7.99. The standard InChI is InChI=1S/C22H19N5O3S/c1-3-12-27-17-11-7-5-9-15(17)19-20(27)24-22(26-25-19)31-13-18(28)23-16-10-6-4-8-14(16)21(29)30-2/h3-11H,1,12-13H2,2H3,(H,23,28). The molecule has 0 radical (unpaired) electrons. The Morgan fingerprint density at radius 1 is 1.16 bits per heavy atom. The summed E-state index contributed by atoms with van der Waals surface area (Å²) < 4.78 is 6.77. The summed E-state index contributed by atoms with van der Waals surface area (Å²) in [5.74, 6) is -0.752. The van der Waals surface area contributed by atoms with Gasteiger partial charge in [-0.2, -0.15) is 0 Å². The van der Waals surface area contributed by atoms with Crippen molar-refractivity contribution in [2.24, 2.45) is 0 Å². The molecule has 4 rings (SSSR count). The van der Waals surface area contributed by atoms with Crippen LogP contribution in [-0.4, -0.2) is 44.5 Å². The predicted octanol–water partition coefficient (Wildman–Crippen LogP) is 3.68. The SMILES string of the molecule is C=CCn1c2ccccc2c2nnc(SCC(=O)Nc3ccccc3C(=O)OC)nc21. The molecule has 4 aromatic rings. The van der Waals surface area contributed by atoms with Gasteiger partial charge in [0.05, 0.1) is 29.6 Å². The number of fused-ring (bicyclic) bond motifs is 3. The highest BCUT2D eigenvalue weighted by atomic mass is 32.2. The second-order valence-corrected chi connectivity index (χ2v) is 7.50. The van der Waals surface area contributed by atoms with Gasteiger partial charge in [0, 0.05) is 11.9 Å². The average molecular weight is 433 g/mol. The van der Waals surface area contributed by atoms with Crippen molar-refractivity contribution >= 4 is 51.4 Å². The lowest BCUT2D eigenvalue weighted by Crippen LogP contribution is -2.17. The van der Waals surface area contributed by atoms with E-state index in [9.17, 15) is 9.59 Å². The van der Waals surface area contributed by atoms with Crippen LogP contribution in [0.1, 0.15) is 10.4 Å². The van der Waals surface area contributed by atoms with Crippen LogP contribution in [0, 0.1) is 0 Å². The fourth-order valence-corrected chi connectivity index (χ4v) is 3.84. The number of nitrogens with one attached hydrogen (secondary N) is 1. The third-order valence-corrected chi connectivity index (χ3v) is 5.44. The molecule has 0 aliphatic heterocycles. The van der Waals surface area contributed by atoms with Gasteiger partial charge in [0.2, 0.25) is 11.1 Å². The number of carbonyl (C=O) groups is 2. The van der Waals surface area contributed by atoms with Crippen molar-refractivity contribution in [2.75, 3.05) is 18.2 Å². The molecular weight excluding hydrogens is 414 g/mol. The Balaban J connectivity index is 1.54. The highest BCUT2D eigenvalue weighted by Gasteiger charge is 2.16. The molecule has 0 aliphatic rings. The number of para-hydroxylation sites is 2. The van der Waals surface area contributed by atoms with Gasteiger partial charge in [0.1, 0.15) is 5.52 Å². The molecule has 9 heteroatoms. The van der Waals surface area contributed by atoms with Crippen LogP contribution in [0.5, 0.6) is 0 Å². The number of amides is 1. The number of esters is 1. The maximum Gasteiger partial charge on any atom is 0.339 e. The Morgan fingerprint density at radius 2 is 1.94 bits per heavy atom. The average Bonchev–Trinajstić information content (AvgIpc) is 3.11. The second kappa shape index (κ2) is 8.97. The number of ether oxygens (including phenoxy) is 1. The number of rotatable bonds is 7. The van der Waals surface area contributed by atoms with Gasteiger partial charge >= 0.3 is 5.97 Å². The molecule has 31 heavy (non-hydrogen) atoms. The van der Waals surface area contributed by atoms with E-state index in [1.807, 2.05) is 28.8 Å². The molecule has 0 saturated carbocycles.